The molecule has 0 unspecified atom stereocenters. The molecule has 32 heavy (non-hydrogen) atoms. The summed E-state index contributed by atoms with van der Waals surface area (Å²) in [7, 11) is 1.58. The van der Waals surface area contributed by atoms with Crippen LogP contribution in [0.15, 0.2) is 83.9 Å². The number of carbonyl (C=O) groups is 1. The van der Waals surface area contributed by atoms with Gasteiger partial charge in [-0.15, -0.1) is 0 Å². The second kappa shape index (κ2) is 9.78. The summed E-state index contributed by atoms with van der Waals surface area (Å²) in [6.07, 6.45) is 1.55. The molecule has 0 saturated carbocycles. The molecule has 0 atom stereocenters. The quantitative estimate of drug-likeness (QED) is 0.435. The maximum Gasteiger partial charge on any atom is 0.261 e. The topological polar surface area (TPSA) is 82.4 Å². The zero-order valence-electron chi connectivity index (χ0n) is 17.7. The van der Waals surface area contributed by atoms with Crippen molar-refractivity contribution in [3.63, 3.8) is 0 Å². The molecule has 0 spiro atoms. The van der Waals surface area contributed by atoms with Gasteiger partial charge in [0.15, 0.2) is 11.5 Å². The Morgan fingerprint density at radius 1 is 0.969 bits per heavy atom. The molecule has 0 aliphatic heterocycles. The third-order valence-corrected chi connectivity index (χ3v) is 5.01. The Balaban J connectivity index is 1.33. The summed E-state index contributed by atoms with van der Waals surface area (Å²) < 4.78 is 12.5. The van der Waals surface area contributed by atoms with Crippen molar-refractivity contribution >= 4 is 16.8 Å². The van der Waals surface area contributed by atoms with Gasteiger partial charge in [-0.05, 0) is 42.0 Å². The first-order valence-electron chi connectivity index (χ1n) is 10.2. The maximum atomic E-state index is 12.6. The van der Waals surface area contributed by atoms with Crippen LogP contribution in [0, 0.1) is 0 Å². The number of fused-ring (bicyclic) bond motifs is 1. The zero-order valence-corrected chi connectivity index (χ0v) is 17.7. The van der Waals surface area contributed by atoms with Crippen LogP contribution in [0.4, 0.5) is 0 Å². The SMILES string of the molecule is COc1ccccc1OCCNC(=O)c1ccc(Cn2cnc3ccccc3c2=O)cc1. The van der Waals surface area contributed by atoms with Crippen LogP contribution in [0.25, 0.3) is 10.9 Å². The van der Waals surface area contributed by atoms with Crippen molar-refractivity contribution in [3.05, 3.63) is 101 Å². The van der Waals surface area contributed by atoms with Crippen LogP contribution in [0.1, 0.15) is 15.9 Å². The minimum atomic E-state index is -0.190. The Bertz CT molecular complexity index is 1280. The number of methoxy groups -OCH3 is 1. The van der Waals surface area contributed by atoms with Crippen molar-refractivity contribution < 1.29 is 14.3 Å². The molecule has 3 aromatic carbocycles. The number of rotatable bonds is 8. The van der Waals surface area contributed by atoms with Gasteiger partial charge in [0.05, 0.1) is 37.4 Å². The lowest BCUT2D eigenvalue weighted by molar-refractivity contribution is 0.0947. The number of amides is 1. The Morgan fingerprint density at radius 2 is 1.69 bits per heavy atom. The van der Waals surface area contributed by atoms with Gasteiger partial charge in [0.2, 0.25) is 0 Å². The predicted octanol–water partition coefficient (Wildman–Crippen LogP) is 3.26. The van der Waals surface area contributed by atoms with Crippen molar-refractivity contribution in [2.24, 2.45) is 0 Å². The molecule has 0 aliphatic carbocycles. The van der Waals surface area contributed by atoms with E-state index in [9.17, 15) is 9.59 Å². The van der Waals surface area contributed by atoms with E-state index >= 15 is 0 Å². The van der Waals surface area contributed by atoms with Gasteiger partial charge < -0.3 is 14.8 Å². The highest BCUT2D eigenvalue weighted by molar-refractivity contribution is 5.94. The van der Waals surface area contributed by atoms with Gasteiger partial charge in [-0.1, -0.05) is 36.4 Å². The average Bonchev–Trinajstić information content (AvgIpc) is 2.84. The van der Waals surface area contributed by atoms with Gasteiger partial charge in [-0.25, -0.2) is 4.98 Å². The summed E-state index contributed by atoms with van der Waals surface area (Å²) in [5, 5.41) is 3.42. The molecule has 4 rings (SSSR count). The molecular weight excluding hydrogens is 406 g/mol. The Kier molecular flexibility index (Phi) is 6.46. The number of ether oxygens (including phenoxy) is 2. The molecule has 4 aromatic rings. The van der Waals surface area contributed by atoms with Crippen LogP contribution in [-0.2, 0) is 6.54 Å². The van der Waals surface area contributed by atoms with Crippen LogP contribution in [0.3, 0.4) is 0 Å². The summed E-state index contributed by atoms with van der Waals surface area (Å²) in [5.41, 5.74) is 2.03. The highest BCUT2D eigenvalue weighted by Crippen LogP contribution is 2.25. The fourth-order valence-electron chi connectivity index (χ4n) is 3.34. The minimum Gasteiger partial charge on any atom is -0.493 e. The fraction of sp³-hybridized carbons (Fsp3) is 0.160. The standard InChI is InChI=1S/C25H23N3O4/c1-31-22-8-4-5-9-23(22)32-15-14-26-24(29)19-12-10-18(11-13-19)16-28-17-27-21-7-3-2-6-20(21)25(28)30/h2-13,17H,14-16H2,1H3,(H,26,29). The van der Waals surface area contributed by atoms with Gasteiger partial charge >= 0.3 is 0 Å². The summed E-state index contributed by atoms with van der Waals surface area (Å²) in [6.45, 7) is 1.06. The largest absolute Gasteiger partial charge is 0.493 e. The monoisotopic (exact) mass is 429 g/mol. The fourth-order valence-corrected chi connectivity index (χ4v) is 3.34. The molecule has 0 saturated heterocycles. The summed E-state index contributed by atoms with van der Waals surface area (Å²) in [4.78, 5) is 29.4. The van der Waals surface area contributed by atoms with Crippen LogP contribution >= 0.6 is 0 Å². The third kappa shape index (κ3) is 4.78. The van der Waals surface area contributed by atoms with E-state index in [4.69, 9.17) is 9.47 Å². The van der Waals surface area contributed by atoms with Crippen LogP contribution in [0.2, 0.25) is 0 Å². The van der Waals surface area contributed by atoms with Crippen molar-refractivity contribution in [1.29, 1.82) is 0 Å². The molecule has 1 heterocycles. The summed E-state index contributed by atoms with van der Waals surface area (Å²) in [6, 6.07) is 21.8. The maximum absolute atomic E-state index is 12.6. The van der Waals surface area contributed by atoms with E-state index in [1.54, 1.807) is 36.2 Å². The van der Waals surface area contributed by atoms with Crippen molar-refractivity contribution in [2.75, 3.05) is 20.3 Å². The molecule has 0 aliphatic rings. The minimum absolute atomic E-state index is 0.0903. The molecule has 0 fully saturated rings. The van der Waals surface area contributed by atoms with Gasteiger partial charge in [0.1, 0.15) is 6.61 Å². The van der Waals surface area contributed by atoms with Gasteiger partial charge in [0.25, 0.3) is 11.5 Å². The van der Waals surface area contributed by atoms with E-state index in [0.29, 0.717) is 47.7 Å². The number of hydrogen-bond donors (Lipinski definition) is 1. The first-order chi connectivity index (χ1) is 15.7. The van der Waals surface area contributed by atoms with E-state index in [2.05, 4.69) is 10.3 Å². The molecule has 0 radical (unpaired) electrons. The smallest absolute Gasteiger partial charge is 0.261 e. The van der Waals surface area contributed by atoms with E-state index < -0.39 is 0 Å². The van der Waals surface area contributed by atoms with E-state index in [0.717, 1.165) is 5.56 Å². The summed E-state index contributed by atoms with van der Waals surface area (Å²) in [5.74, 6) is 1.09. The van der Waals surface area contributed by atoms with Gasteiger partial charge in [-0.2, -0.15) is 0 Å². The molecule has 1 amide bonds. The third-order valence-electron chi connectivity index (χ3n) is 5.01. The number of nitrogens with one attached hydrogen (secondary N) is 1. The lowest BCUT2D eigenvalue weighted by atomic mass is 10.1. The van der Waals surface area contributed by atoms with Crippen molar-refractivity contribution in [3.8, 4) is 11.5 Å². The number of para-hydroxylation sites is 3. The highest BCUT2D eigenvalue weighted by Gasteiger charge is 2.08. The lowest BCUT2D eigenvalue weighted by Gasteiger charge is -2.11. The second-order valence-corrected chi connectivity index (χ2v) is 7.15. The second-order valence-electron chi connectivity index (χ2n) is 7.15. The predicted molar refractivity (Wildman–Crippen MR) is 122 cm³/mol. The molecule has 7 heteroatoms. The van der Waals surface area contributed by atoms with E-state index in [-0.39, 0.29) is 11.5 Å². The zero-order chi connectivity index (χ0) is 22.3. The molecule has 1 N–H and O–H groups in total. The van der Waals surface area contributed by atoms with Crippen molar-refractivity contribution in [1.82, 2.24) is 14.9 Å². The molecular formula is C25H23N3O4. The van der Waals surface area contributed by atoms with Crippen LogP contribution in [0.5, 0.6) is 11.5 Å². The van der Waals surface area contributed by atoms with E-state index in [1.165, 1.54) is 0 Å². The van der Waals surface area contributed by atoms with Crippen LogP contribution in [-0.4, -0.2) is 35.7 Å². The first kappa shape index (κ1) is 21.1. The number of aromatic nitrogens is 2. The lowest BCUT2D eigenvalue weighted by Crippen LogP contribution is -2.28. The van der Waals surface area contributed by atoms with Crippen LogP contribution < -0.4 is 20.3 Å². The number of hydrogen-bond acceptors (Lipinski definition) is 5. The number of carbonyl (C=O) groups excluding carboxylic acids is 1. The van der Waals surface area contributed by atoms with Gasteiger partial charge in [0, 0.05) is 5.56 Å². The Morgan fingerprint density at radius 3 is 2.47 bits per heavy atom. The Labute approximate surface area is 185 Å². The normalized spacial score (nSPS) is 10.7. The van der Waals surface area contributed by atoms with Gasteiger partial charge in [-0.3, -0.25) is 14.2 Å². The highest BCUT2D eigenvalue weighted by atomic mass is 16.5. The number of benzene rings is 3. The van der Waals surface area contributed by atoms with Crippen molar-refractivity contribution in [2.45, 2.75) is 6.54 Å². The number of nitrogens with zero attached hydrogens (tertiary/aromatic N) is 2. The average molecular weight is 429 g/mol. The summed E-state index contributed by atoms with van der Waals surface area (Å²) >= 11 is 0. The molecule has 1 aromatic heterocycles. The van der Waals surface area contributed by atoms with E-state index in [1.807, 2.05) is 54.6 Å². The molecule has 0 bridgehead atoms. The molecule has 162 valence electrons. The Hall–Kier alpha value is -4.13. The molecule has 7 nitrogen and oxygen atoms in total. The first-order valence-corrected chi connectivity index (χ1v) is 10.2.